The molecule has 2 atom stereocenters. The molecule has 1 heterocycles. The molecule has 0 amide bonds. The Morgan fingerprint density at radius 2 is 1.78 bits per heavy atom. The minimum absolute atomic E-state index is 0.000811. The smallest absolute Gasteiger partial charge is 0.359 e. The number of nitro groups is 1. The summed E-state index contributed by atoms with van der Waals surface area (Å²) in [6.45, 7) is 1.63. The van der Waals surface area contributed by atoms with Crippen molar-refractivity contribution in [1.82, 2.24) is 15.0 Å². The first-order valence-electron chi connectivity index (χ1n) is 11.0. The second kappa shape index (κ2) is 11.1. The van der Waals surface area contributed by atoms with Gasteiger partial charge in [0.2, 0.25) is 17.3 Å². The SMILES string of the molecule is CCOC(=O)c1c(C(=O)C2C=C(OC)C(OC)=C(OC)C2(N)[N+](=O)[O-])nnn1Cc1ccc(OC)cc1. The molecule has 2 N–H and O–H groups in total. The number of carbonyl (C=O) groups is 2. The lowest BCUT2D eigenvalue weighted by molar-refractivity contribution is -0.568. The van der Waals surface area contributed by atoms with E-state index >= 15 is 0 Å². The lowest BCUT2D eigenvalue weighted by Crippen LogP contribution is -2.59. The van der Waals surface area contributed by atoms with E-state index in [-0.39, 0.29) is 30.4 Å². The average Bonchev–Trinajstić information content (AvgIpc) is 3.31. The van der Waals surface area contributed by atoms with Crippen LogP contribution in [0.25, 0.3) is 0 Å². The predicted molar refractivity (Wildman–Crippen MR) is 126 cm³/mol. The summed E-state index contributed by atoms with van der Waals surface area (Å²) in [5.74, 6) is -3.56. The highest BCUT2D eigenvalue weighted by Crippen LogP contribution is 2.39. The normalized spacial score (nSPS) is 19.1. The van der Waals surface area contributed by atoms with E-state index in [1.165, 1.54) is 26.0 Å². The van der Waals surface area contributed by atoms with Crippen LogP contribution in [-0.4, -0.2) is 72.4 Å². The highest BCUT2D eigenvalue weighted by molar-refractivity contribution is 6.06. The van der Waals surface area contributed by atoms with Crippen LogP contribution in [0.3, 0.4) is 0 Å². The van der Waals surface area contributed by atoms with Crippen molar-refractivity contribution in [2.45, 2.75) is 19.1 Å². The number of carbonyl (C=O) groups excluding carboxylic acids is 2. The molecule has 198 valence electrons. The van der Waals surface area contributed by atoms with Crippen LogP contribution in [0.1, 0.15) is 33.5 Å². The van der Waals surface area contributed by atoms with Gasteiger partial charge in [0.1, 0.15) is 11.7 Å². The van der Waals surface area contributed by atoms with Crippen LogP contribution in [0.5, 0.6) is 5.75 Å². The Labute approximate surface area is 211 Å². The van der Waals surface area contributed by atoms with Crippen molar-refractivity contribution in [3.63, 3.8) is 0 Å². The van der Waals surface area contributed by atoms with Gasteiger partial charge in [0.05, 0.1) is 46.5 Å². The summed E-state index contributed by atoms with van der Waals surface area (Å²) in [5, 5.41) is 20.1. The number of hydrogen-bond donors (Lipinski definition) is 1. The minimum Gasteiger partial charge on any atom is -0.497 e. The van der Waals surface area contributed by atoms with E-state index in [0.717, 1.165) is 13.2 Å². The molecule has 0 saturated carbocycles. The Balaban J connectivity index is 2.14. The van der Waals surface area contributed by atoms with Crippen LogP contribution < -0.4 is 10.5 Å². The van der Waals surface area contributed by atoms with E-state index in [4.69, 9.17) is 29.4 Å². The first-order valence-corrected chi connectivity index (χ1v) is 11.0. The van der Waals surface area contributed by atoms with Gasteiger partial charge in [-0.2, -0.15) is 0 Å². The van der Waals surface area contributed by atoms with Gasteiger partial charge >= 0.3 is 11.6 Å². The van der Waals surface area contributed by atoms with Crippen LogP contribution in [0.15, 0.2) is 47.6 Å². The molecule has 3 rings (SSSR count). The third kappa shape index (κ3) is 4.82. The van der Waals surface area contributed by atoms with Gasteiger partial charge in [-0.05, 0) is 30.7 Å². The number of methoxy groups -OCH3 is 4. The summed E-state index contributed by atoms with van der Waals surface area (Å²) >= 11 is 0. The van der Waals surface area contributed by atoms with Gasteiger partial charge in [0, 0.05) is 0 Å². The van der Waals surface area contributed by atoms with Gasteiger partial charge in [-0.3, -0.25) is 20.6 Å². The van der Waals surface area contributed by atoms with Crippen LogP contribution in [-0.2, 0) is 25.5 Å². The summed E-state index contributed by atoms with van der Waals surface area (Å²) in [4.78, 5) is 38.0. The van der Waals surface area contributed by atoms with Crippen LogP contribution in [0.4, 0.5) is 0 Å². The Morgan fingerprint density at radius 3 is 2.30 bits per heavy atom. The maximum absolute atomic E-state index is 13.8. The molecular formula is C23H27N5O9. The highest BCUT2D eigenvalue weighted by Gasteiger charge is 2.60. The van der Waals surface area contributed by atoms with Crippen LogP contribution >= 0.6 is 0 Å². The molecule has 37 heavy (non-hydrogen) atoms. The van der Waals surface area contributed by atoms with Gasteiger partial charge in [0.25, 0.3) is 0 Å². The summed E-state index contributed by atoms with van der Waals surface area (Å²) in [6.07, 6.45) is 1.13. The Kier molecular flexibility index (Phi) is 8.12. The summed E-state index contributed by atoms with van der Waals surface area (Å²) in [5.41, 5.74) is 3.55. The molecule has 1 aromatic heterocycles. The minimum atomic E-state index is -2.61. The van der Waals surface area contributed by atoms with Crippen molar-refractivity contribution in [3.05, 3.63) is 74.7 Å². The van der Waals surface area contributed by atoms with E-state index in [1.54, 1.807) is 31.2 Å². The van der Waals surface area contributed by atoms with Crippen molar-refractivity contribution in [1.29, 1.82) is 0 Å². The molecule has 14 heteroatoms. The fraction of sp³-hybridized carbons (Fsp3) is 0.391. The maximum Gasteiger partial charge on any atom is 0.359 e. The van der Waals surface area contributed by atoms with Crippen LogP contribution in [0, 0.1) is 16.0 Å². The van der Waals surface area contributed by atoms with E-state index in [9.17, 15) is 19.7 Å². The van der Waals surface area contributed by atoms with Crippen molar-refractivity contribution < 1.29 is 38.2 Å². The fourth-order valence-electron chi connectivity index (χ4n) is 3.91. The quantitative estimate of drug-likeness (QED) is 0.149. The van der Waals surface area contributed by atoms with E-state index in [0.29, 0.717) is 11.3 Å². The van der Waals surface area contributed by atoms with Crippen molar-refractivity contribution in [2.75, 3.05) is 35.0 Å². The molecule has 2 unspecified atom stereocenters. The molecule has 2 aromatic rings. The fourth-order valence-corrected chi connectivity index (χ4v) is 3.91. The zero-order valence-corrected chi connectivity index (χ0v) is 20.9. The highest BCUT2D eigenvalue weighted by atomic mass is 16.6. The molecular weight excluding hydrogens is 490 g/mol. The third-order valence-corrected chi connectivity index (χ3v) is 5.73. The van der Waals surface area contributed by atoms with Gasteiger partial charge in [-0.25, -0.2) is 9.48 Å². The molecule has 1 aliphatic carbocycles. The first-order chi connectivity index (χ1) is 17.7. The molecule has 0 radical (unpaired) electrons. The van der Waals surface area contributed by atoms with E-state index < -0.39 is 39.7 Å². The molecule has 0 aliphatic heterocycles. The van der Waals surface area contributed by atoms with E-state index in [1.807, 2.05) is 0 Å². The summed E-state index contributed by atoms with van der Waals surface area (Å²) in [6, 6.07) is 6.91. The first kappa shape index (κ1) is 27.1. The molecule has 1 aliphatic rings. The van der Waals surface area contributed by atoms with Gasteiger partial charge in [-0.1, -0.05) is 17.3 Å². The lowest BCUT2D eigenvalue weighted by atomic mass is 9.81. The third-order valence-electron chi connectivity index (χ3n) is 5.73. The Bertz CT molecular complexity index is 1250. The number of nitrogens with zero attached hydrogens (tertiary/aromatic N) is 4. The number of aromatic nitrogens is 3. The number of hydrogen-bond acceptors (Lipinski definition) is 12. The summed E-state index contributed by atoms with van der Waals surface area (Å²) < 4.78 is 27.1. The number of rotatable bonds is 11. The van der Waals surface area contributed by atoms with Crippen molar-refractivity contribution >= 4 is 11.8 Å². The lowest BCUT2D eigenvalue weighted by Gasteiger charge is -2.32. The number of nitrogens with two attached hydrogens (primary N) is 1. The van der Waals surface area contributed by atoms with Crippen molar-refractivity contribution in [3.8, 4) is 5.75 Å². The number of ether oxygens (including phenoxy) is 5. The zero-order chi connectivity index (χ0) is 27.3. The summed E-state index contributed by atoms with van der Waals surface area (Å²) in [7, 11) is 5.20. The molecule has 1 aromatic carbocycles. The second-order valence-corrected chi connectivity index (χ2v) is 7.74. The van der Waals surface area contributed by atoms with Crippen molar-refractivity contribution in [2.24, 2.45) is 11.7 Å². The number of ketones is 1. The number of esters is 1. The standard InChI is InChI=1S/C23H27N5O9/c1-6-37-22(30)18-17(25-26-27(18)12-13-7-9-14(33-2)10-8-13)19(29)15-11-16(34-3)20(35-4)21(36-5)23(15,24)28(31)32/h7-11,15H,6,12,24H2,1-5H3. The maximum atomic E-state index is 13.8. The van der Waals surface area contributed by atoms with E-state index in [2.05, 4.69) is 10.3 Å². The number of Topliss-reactive ketones (excluding diaryl/α,β-unsaturated/α-hetero) is 1. The Morgan fingerprint density at radius 1 is 1.11 bits per heavy atom. The monoisotopic (exact) mass is 517 g/mol. The average molecular weight is 517 g/mol. The van der Waals surface area contributed by atoms with Gasteiger partial charge in [-0.15, -0.1) is 5.10 Å². The number of benzene rings is 1. The molecule has 0 bridgehead atoms. The molecule has 0 spiro atoms. The molecule has 0 fully saturated rings. The zero-order valence-electron chi connectivity index (χ0n) is 20.9. The Hall–Kier alpha value is -4.46. The second-order valence-electron chi connectivity index (χ2n) is 7.74. The topological polar surface area (TPSA) is 180 Å². The largest absolute Gasteiger partial charge is 0.497 e. The van der Waals surface area contributed by atoms with Crippen LogP contribution in [0.2, 0.25) is 0 Å². The predicted octanol–water partition coefficient (Wildman–Crippen LogP) is 1.29. The molecule has 14 nitrogen and oxygen atoms in total. The molecule has 0 saturated heterocycles. The van der Waals surface area contributed by atoms with Gasteiger partial charge in [0.15, 0.2) is 17.1 Å². The van der Waals surface area contributed by atoms with Gasteiger partial charge < -0.3 is 23.7 Å².